The molecule has 5 heterocycles. The number of rotatable bonds is 9. The molecule has 0 atom stereocenters. The third-order valence-corrected chi connectivity index (χ3v) is 7.91. The third kappa shape index (κ3) is 4.79. The minimum Gasteiger partial charge on any atom is -0.496 e. The molecule has 194 valence electrons. The highest BCUT2D eigenvalue weighted by atomic mass is 32.1. The average molecular weight is 552 g/mol. The van der Waals surface area contributed by atoms with Gasteiger partial charge in [-0.05, 0) is 18.1 Å². The molecule has 9 nitrogen and oxygen atoms in total. The van der Waals surface area contributed by atoms with Crippen LogP contribution in [0.2, 0.25) is 0 Å². The average Bonchev–Trinajstić information content (AvgIpc) is 3.68. The van der Waals surface area contributed by atoms with Gasteiger partial charge in [0.15, 0.2) is 0 Å². The lowest BCUT2D eigenvalue weighted by Crippen LogP contribution is -2.01. The van der Waals surface area contributed by atoms with Gasteiger partial charge >= 0.3 is 0 Å². The number of nitrogens with zero attached hydrogens (tertiary/aromatic N) is 5. The third-order valence-electron chi connectivity index (χ3n) is 5.78. The second kappa shape index (κ2) is 10.0. The van der Waals surface area contributed by atoms with Crippen LogP contribution in [0.1, 0.15) is 36.1 Å². The second-order valence-corrected chi connectivity index (χ2v) is 10.6. The Bertz CT molecular complexity index is 1710. The van der Waals surface area contributed by atoms with Crippen LogP contribution in [0.3, 0.4) is 0 Å². The van der Waals surface area contributed by atoms with E-state index in [1.54, 1.807) is 35.5 Å². The fourth-order valence-electron chi connectivity index (χ4n) is 4.00. The molecule has 5 aromatic heterocycles. The van der Waals surface area contributed by atoms with Crippen molar-refractivity contribution in [1.82, 2.24) is 24.6 Å². The van der Waals surface area contributed by atoms with E-state index in [4.69, 9.17) is 23.6 Å². The molecular formula is C26H22FN5O4S2. The van der Waals surface area contributed by atoms with Crippen LogP contribution < -0.4 is 14.2 Å². The van der Waals surface area contributed by atoms with Crippen LogP contribution >= 0.6 is 22.7 Å². The Labute approximate surface area is 224 Å². The quantitative estimate of drug-likeness (QED) is 0.188. The van der Waals surface area contributed by atoms with Crippen LogP contribution in [0.5, 0.6) is 17.4 Å². The van der Waals surface area contributed by atoms with Gasteiger partial charge in [-0.1, -0.05) is 25.2 Å². The highest BCUT2D eigenvalue weighted by Gasteiger charge is 2.19. The van der Waals surface area contributed by atoms with E-state index in [0.717, 1.165) is 25.9 Å². The molecule has 6 aromatic rings. The van der Waals surface area contributed by atoms with Gasteiger partial charge in [-0.15, -0.1) is 11.3 Å². The molecule has 38 heavy (non-hydrogen) atoms. The van der Waals surface area contributed by atoms with E-state index in [1.165, 1.54) is 34.9 Å². The zero-order valence-corrected chi connectivity index (χ0v) is 22.3. The molecule has 12 heteroatoms. The zero-order chi connectivity index (χ0) is 26.2. The molecule has 0 saturated carbocycles. The van der Waals surface area contributed by atoms with Gasteiger partial charge in [0.1, 0.15) is 46.6 Å². The van der Waals surface area contributed by atoms with Gasteiger partial charge in [-0.2, -0.15) is 14.5 Å². The Hall–Kier alpha value is -4.03. The molecule has 0 unspecified atom stereocenters. The lowest BCUT2D eigenvalue weighted by molar-refractivity contribution is 0.265. The number of imidazole rings is 1. The van der Waals surface area contributed by atoms with Crippen LogP contribution in [0.15, 0.2) is 52.7 Å². The van der Waals surface area contributed by atoms with Crippen molar-refractivity contribution in [2.45, 2.75) is 33.0 Å². The Morgan fingerprint density at radius 2 is 2.00 bits per heavy atom. The number of aromatic nitrogens is 5. The molecule has 0 N–H and O–H groups in total. The number of fused-ring (bicyclic) bond motifs is 2. The monoisotopic (exact) mass is 551 g/mol. The number of methoxy groups -OCH3 is 1. The number of hydrogen-bond donors (Lipinski definition) is 0. The SMILES string of the molecule is COc1cc(OCc2nc(-c3ccnc(F)c3)sc2C(C)C)c2cc(COc3cn4ncsc4n3)oc2c1. The number of ether oxygens (including phenoxy) is 3. The number of pyridine rings is 1. The van der Waals surface area contributed by atoms with Gasteiger partial charge in [-0.3, -0.25) is 0 Å². The highest BCUT2D eigenvalue weighted by molar-refractivity contribution is 7.15. The number of benzene rings is 1. The maximum absolute atomic E-state index is 13.7. The number of halogens is 1. The van der Waals surface area contributed by atoms with Crippen molar-refractivity contribution >= 4 is 38.6 Å². The lowest BCUT2D eigenvalue weighted by atomic mass is 10.1. The fourth-order valence-corrected chi connectivity index (χ4v) is 5.66. The Morgan fingerprint density at radius 3 is 2.79 bits per heavy atom. The van der Waals surface area contributed by atoms with Crippen molar-refractivity contribution < 1.29 is 23.0 Å². The van der Waals surface area contributed by atoms with E-state index in [9.17, 15) is 4.39 Å². The predicted octanol–water partition coefficient (Wildman–Crippen LogP) is 6.48. The van der Waals surface area contributed by atoms with Gasteiger partial charge < -0.3 is 18.6 Å². The van der Waals surface area contributed by atoms with E-state index in [1.807, 2.05) is 12.1 Å². The topological polar surface area (TPSA) is 96.8 Å². The zero-order valence-electron chi connectivity index (χ0n) is 20.7. The normalized spacial score (nSPS) is 11.6. The molecule has 6 rings (SSSR count). The summed E-state index contributed by atoms with van der Waals surface area (Å²) < 4.78 is 38.9. The van der Waals surface area contributed by atoms with Crippen LogP contribution in [-0.4, -0.2) is 31.7 Å². The van der Waals surface area contributed by atoms with Crippen molar-refractivity contribution in [3.8, 4) is 28.0 Å². The summed E-state index contributed by atoms with van der Waals surface area (Å²) in [5.74, 6) is 1.97. The summed E-state index contributed by atoms with van der Waals surface area (Å²) in [6.07, 6.45) is 3.16. The maximum atomic E-state index is 13.7. The summed E-state index contributed by atoms with van der Waals surface area (Å²) >= 11 is 2.96. The van der Waals surface area contributed by atoms with E-state index in [2.05, 4.69) is 28.9 Å². The molecule has 0 aliphatic carbocycles. The minimum atomic E-state index is -0.537. The van der Waals surface area contributed by atoms with Crippen molar-refractivity contribution in [2.75, 3.05) is 7.11 Å². The Balaban J connectivity index is 1.25. The Morgan fingerprint density at radius 1 is 1.11 bits per heavy atom. The molecule has 0 saturated heterocycles. The molecule has 1 aromatic carbocycles. The van der Waals surface area contributed by atoms with Crippen molar-refractivity contribution in [3.05, 3.63) is 70.5 Å². The van der Waals surface area contributed by atoms with Gasteiger partial charge in [0.2, 0.25) is 16.8 Å². The first-order valence-electron chi connectivity index (χ1n) is 11.7. The summed E-state index contributed by atoms with van der Waals surface area (Å²) in [5.41, 5.74) is 3.82. The first kappa shape index (κ1) is 24.3. The van der Waals surface area contributed by atoms with Gasteiger partial charge in [0, 0.05) is 34.8 Å². The first-order chi connectivity index (χ1) is 18.5. The standard InChI is InChI=1S/C26H22FN5O4S2/c1-14(2)24-19(30-25(38-24)15-4-5-28-22(27)6-15)12-34-20-8-16(33-3)9-21-18(20)7-17(36-21)11-35-23-10-32-26(31-23)37-13-29-32/h4-10,13-14H,11-12H2,1-3H3. The molecule has 0 aliphatic heterocycles. The summed E-state index contributed by atoms with van der Waals surface area (Å²) in [7, 11) is 1.59. The van der Waals surface area contributed by atoms with E-state index in [-0.39, 0.29) is 19.1 Å². The molecule has 0 bridgehead atoms. The minimum absolute atomic E-state index is 0.191. The number of hydrogen-bond acceptors (Lipinski definition) is 10. The van der Waals surface area contributed by atoms with Gasteiger partial charge in [-0.25, -0.2) is 14.5 Å². The molecule has 0 fully saturated rings. The van der Waals surface area contributed by atoms with Crippen LogP contribution in [-0.2, 0) is 13.2 Å². The van der Waals surface area contributed by atoms with Crippen molar-refractivity contribution in [2.24, 2.45) is 0 Å². The summed E-state index contributed by atoms with van der Waals surface area (Å²) in [6.45, 7) is 4.62. The predicted molar refractivity (Wildman–Crippen MR) is 142 cm³/mol. The smallest absolute Gasteiger partial charge is 0.235 e. The molecule has 0 spiro atoms. The number of furan rings is 1. The van der Waals surface area contributed by atoms with E-state index >= 15 is 0 Å². The van der Waals surface area contributed by atoms with Crippen LogP contribution in [0.25, 0.3) is 26.5 Å². The number of thiazole rings is 1. The van der Waals surface area contributed by atoms with Crippen LogP contribution in [0.4, 0.5) is 4.39 Å². The Kier molecular flexibility index (Phi) is 6.42. The second-order valence-electron chi connectivity index (χ2n) is 8.72. The van der Waals surface area contributed by atoms with Crippen LogP contribution in [0, 0.1) is 5.95 Å². The largest absolute Gasteiger partial charge is 0.496 e. The van der Waals surface area contributed by atoms with E-state index < -0.39 is 5.95 Å². The summed E-state index contributed by atoms with van der Waals surface area (Å²) in [6, 6.07) is 8.65. The van der Waals surface area contributed by atoms with Crippen molar-refractivity contribution in [3.63, 3.8) is 0 Å². The van der Waals surface area contributed by atoms with E-state index in [0.29, 0.717) is 34.3 Å². The fraction of sp³-hybridized carbons (Fsp3) is 0.231. The first-order valence-corrected chi connectivity index (χ1v) is 13.4. The van der Waals surface area contributed by atoms with Crippen molar-refractivity contribution in [1.29, 1.82) is 0 Å². The highest BCUT2D eigenvalue weighted by Crippen LogP contribution is 2.37. The molecular weight excluding hydrogens is 529 g/mol. The van der Waals surface area contributed by atoms with Gasteiger partial charge in [0.05, 0.1) is 24.4 Å². The summed E-state index contributed by atoms with van der Waals surface area (Å²) in [4.78, 5) is 14.6. The molecule has 0 amide bonds. The maximum Gasteiger partial charge on any atom is 0.235 e. The lowest BCUT2D eigenvalue weighted by Gasteiger charge is -2.10. The molecule has 0 radical (unpaired) electrons. The van der Waals surface area contributed by atoms with Gasteiger partial charge in [0.25, 0.3) is 0 Å². The summed E-state index contributed by atoms with van der Waals surface area (Å²) in [5, 5.41) is 5.67. The molecule has 0 aliphatic rings.